The van der Waals surface area contributed by atoms with Crippen molar-refractivity contribution in [3.63, 3.8) is 0 Å². The van der Waals surface area contributed by atoms with Gasteiger partial charge in [0.15, 0.2) is 0 Å². The average molecular weight is 336 g/mol. The van der Waals surface area contributed by atoms with Crippen LogP contribution in [-0.2, 0) is 4.84 Å². The zero-order valence-electron chi connectivity index (χ0n) is 16.4. The summed E-state index contributed by atoms with van der Waals surface area (Å²) in [6, 6.07) is 0. The van der Waals surface area contributed by atoms with Gasteiger partial charge in [-0.15, -0.1) is 11.5 Å². The number of hydrogen-bond acceptors (Lipinski definition) is 2. The van der Waals surface area contributed by atoms with Crippen molar-refractivity contribution in [1.82, 2.24) is 0 Å². The van der Waals surface area contributed by atoms with Gasteiger partial charge in [-0.1, -0.05) is 53.1 Å². The maximum atomic E-state index is 5.68. The molecule has 132 valence electrons. The summed E-state index contributed by atoms with van der Waals surface area (Å²) >= 11 is 0. The van der Waals surface area contributed by atoms with Gasteiger partial charge in [0.05, 0.1) is 5.71 Å². The molecule has 0 bridgehead atoms. The third kappa shape index (κ3) is 5.67. The molecular formula is C20H37NOSi. The molecule has 1 saturated carbocycles. The molecule has 0 aliphatic heterocycles. The van der Waals surface area contributed by atoms with E-state index in [-0.39, 0.29) is 6.10 Å². The van der Waals surface area contributed by atoms with E-state index in [1.807, 2.05) is 0 Å². The highest BCUT2D eigenvalue weighted by molar-refractivity contribution is 6.90. The Labute approximate surface area is 145 Å². The average Bonchev–Trinajstić information content (AvgIpc) is 2.49. The Bertz CT molecular complexity index is 413. The number of oxime groups is 1. The van der Waals surface area contributed by atoms with Crippen LogP contribution in [0.15, 0.2) is 5.16 Å². The minimum absolute atomic E-state index is 0.0927. The van der Waals surface area contributed by atoms with Crippen LogP contribution in [0.3, 0.4) is 0 Å². The van der Waals surface area contributed by atoms with Crippen LogP contribution in [0.25, 0.3) is 0 Å². The summed E-state index contributed by atoms with van der Waals surface area (Å²) in [5, 5.41) is 4.36. The minimum atomic E-state index is -1.60. The molecular weight excluding hydrogens is 298 g/mol. The fourth-order valence-electron chi connectivity index (χ4n) is 4.03. The van der Waals surface area contributed by atoms with E-state index in [4.69, 9.17) is 4.84 Å². The molecule has 0 radical (unpaired) electrons. The van der Waals surface area contributed by atoms with Crippen LogP contribution in [0.4, 0.5) is 0 Å². The molecule has 1 fully saturated rings. The molecule has 0 saturated heterocycles. The molecule has 0 amide bonds. The molecule has 0 aromatic heterocycles. The Balaban J connectivity index is 2.65. The van der Waals surface area contributed by atoms with Gasteiger partial charge in [-0.05, 0) is 49.2 Å². The molecule has 1 unspecified atom stereocenters. The van der Waals surface area contributed by atoms with Gasteiger partial charge in [0.25, 0.3) is 0 Å². The first kappa shape index (κ1) is 20.3. The van der Waals surface area contributed by atoms with Crippen molar-refractivity contribution < 1.29 is 4.84 Å². The van der Waals surface area contributed by atoms with E-state index < -0.39 is 8.07 Å². The number of nitrogens with zero attached hydrogens (tertiary/aromatic N) is 1. The van der Waals surface area contributed by atoms with Crippen LogP contribution < -0.4 is 0 Å². The van der Waals surface area contributed by atoms with E-state index in [2.05, 4.69) is 65.1 Å². The van der Waals surface area contributed by atoms with E-state index in [1.165, 1.54) is 25.0 Å². The minimum Gasteiger partial charge on any atom is -0.392 e. The zero-order chi connectivity index (χ0) is 17.5. The summed E-state index contributed by atoms with van der Waals surface area (Å²) in [7, 11) is -1.60. The summed E-state index contributed by atoms with van der Waals surface area (Å²) in [5.74, 6) is 3.48. The normalized spacial score (nSPS) is 17.2. The lowest BCUT2D eigenvalue weighted by molar-refractivity contribution is 0.0749. The quantitative estimate of drug-likeness (QED) is 0.316. The lowest BCUT2D eigenvalue weighted by atomic mass is 9.99. The Morgan fingerprint density at radius 3 is 1.91 bits per heavy atom. The van der Waals surface area contributed by atoms with Crippen molar-refractivity contribution in [3.8, 4) is 11.5 Å². The fraction of sp³-hybridized carbons (Fsp3) is 0.850. The van der Waals surface area contributed by atoms with Gasteiger partial charge in [-0.2, -0.15) is 0 Å². The summed E-state index contributed by atoms with van der Waals surface area (Å²) < 4.78 is 0. The van der Waals surface area contributed by atoms with Crippen molar-refractivity contribution in [3.05, 3.63) is 0 Å². The van der Waals surface area contributed by atoms with Crippen molar-refractivity contribution in [2.24, 2.45) is 5.16 Å². The highest BCUT2D eigenvalue weighted by Crippen LogP contribution is 2.40. The van der Waals surface area contributed by atoms with Crippen LogP contribution in [-0.4, -0.2) is 19.9 Å². The molecule has 0 spiro atoms. The van der Waals surface area contributed by atoms with Crippen molar-refractivity contribution >= 4 is 13.8 Å². The molecule has 2 nitrogen and oxygen atoms in total. The second-order valence-electron chi connectivity index (χ2n) is 8.04. The Kier molecular flexibility index (Phi) is 8.40. The van der Waals surface area contributed by atoms with Crippen LogP contribution in [0.2, 0.25) is 16.6 Å². The largest absolute Gasteiger partial charge is 0.392 e. The van der Waals surface area contributed by atoms with E-state index in [9.17, 15) is 0 Å². The first-order valence-corrected chi connectivity index (χ1v) is 11.8. The van der Waals surface area contributed by atoms with E-state index in [0.717, 1.165) is 19.3 Å². The van der Waals surface area contributed by atoms with E-state index in [0.29, 0.717) is 16.6 Å². The van der Waals surface area contributed by atoms with Gasteiger partial charge in [0.2, 0.25) is 0 Å². The third-order valence-corrected chi connectivity index (χ3v) is 11.7. The molecule has 0 N–H and O–H groups in total. The Hall–Kier alpha value is -0.753. The molecule has 0 heterocycles. The molecule has 0 aromatic carbocycles. The molecule has 1 aliphatic rings. The lowest BCUT2D eigenvalue weighted by Gasteiger charge is -2.38. The van der Waals surface area contributed by atoms with Crippen LogP contribution in [0.1, 0.15) is 87.0 Å². The monoisotopic (exact) mass is 335 g/mol. The van der Waals surface area contributed by atoms with Gasteiger partial charge < -0.3 is 4.84 Å². The molecule has 0 aromatic rings. The molecule has 1 aliphatic carbocycles. The Morgan fingerprint density at radius 1 is 0.913 bits per heavy atom. The molecule has 23 heavy (non-hydrogen) atoms. The molecule has 1 atom stereocenters. The molecule has 1 rings (SSSR count). The SMILES string of the molecule is CC(CC#C[Si](C(C)C)(C(C)C)C(C)C)ON=C1CCCCC1. The maximum absolute atomic E-state index is 5.68. The third-order valence-electron chi connectivity index (χ3n) is 5.35. The van der Waals surface area contributed by atoms with E-state index >= 15 is 0 Å². The first-order valence-electron chi connectivity index (χ1n) is 9.52. The summed E-state index contributed by atoms with van der Waals surface area (Å²) in [5.41, 5.74) is 7.07. The topological polar surface area (TPSA) is 21.6 Å². The number of hydrogen-bond donors (Lipinski definition) is 0. The number of rotatable bonds is 6. The fourth-order valence-corrected chi connectivity index (χ4v) is 9.31. The van der Waals surface area contributed by atoms with Crippen LogP contribution in [0.5, 0.6) is 0 Å². The lowest BCUT2D eigenvalue weighted by Crippen LogP contribution is -2.43. The van der Waals surface area contributed by atoms with Gasteiger partial charge in [0, 0.05) is 6.42 Å². The standard InChI is InChI=1S/C20H37NOSi/c1-16(2)23(17(3)4,18(5)6)15-11-12-19(7)22-21-20-13-9-8-10-14-20/h16-19H,8-10,12-14H2,1-7H3. The van der Waals surface area contributed by atoms with Crippen LogP contribution >= 0.6 is 0 Å². The smallest absolute Gasteiger partial charge is 0.145 e. The first-order chi connectivity index (χ1) is 10.8. The van der Waals surface area contributed by atoms with Crippen molar-refractivity contribution in [1.29, 1.82) is 0 Å². The van der Waals surface area contributed by atoms with Gasteiger partial charge in [-0.3, -0.25) is 0 Å². The second kappa shape index (κ2) is 9.52. The van der Waals surface area contributed by atoms with Gasteiger partial charge in [-0.25, -0.2) is 0 Å². The van der Waals surface area contributed by atoms with E-state index in [1.54, 1.807) is 0 Å². The van der Waals surface area contributed by atoms with Gasteiger partial charge in [0.1, 0.15) is 14.2 Å². The predicted octanol–water partition coefficient (Wildman–Crippen LogP) is 6.32. The Morgan fingerprint density at radius 2 is 1.43 bits per heavy atom. The second-order valence-corrected chi connectivity index (χ2v) is 13.6. The van der Waals surface area contributed by atoms with Gasteiger partial charge >= 0.3 is 0 Å². The highest BCUT2D eigenvalue weighted by Gasteiger charge is 2.41. The molecule has 3 heteroatoms. The van der Waals surface area contributed by atoms with Crippen molar-refractivity contribution in [2.75, 3.05) is 0 Å². The summed E-state index contributed by atoms with van der Waals surface area (Å²) in [4.78, 5) is 5.68. The summed E-state index contributed by atoms with van der Waals surface area (Å²) in [6.07, 6.45) is 6.98. The maximum Gasteiger partial charge on any atom is 0.145 e. The zero-order valence-corrected chi connectivity index (χ0v) is 17.4. The van der Waals surface area contributed by atoms with Crippen LogP contribution in [0, 0.1) is 11.5 Å². The highest BCUT2D eigenvalue weighted by atomic mass is 28.3. The van der Waals surface area contributed by atoms with Crippen molar-refractivity contribution in [2.45, 2.75) is 110 Å². The predicted molar refractivity (Wildman–Crippen MR) is 105 cm³/mol. The summed E-state index contributed by atoms with van der Waals surface area (Å²) in [6.45, 7) is 16.2.